The molecule has 1 rings (SSSR count). The van der Waals surface area contributed by atoms with Crippen LogP contribution < -0.4 is 0 Å². The molecule has 3 unspecified atom stereocenters. The standard InChI is InChI=1S/C12H22O3/c1-8-5-9(7-12(2,3)6-8)10(13)11(14)15-4/h8-10,13H,5-7H2,1-4H3. The fraction of sp³-hybridized carbons (Fsp3) is 0.917. The van der Waals surface area contributed by atoms with Crippen molar-refractivity contribution in [2.24, 2.45) is 17.3 Å². The number of carbonyl (C=O) groups excluding carboxylic acids is 1. The van der Waals surface area contributed by atoms with Crippen LogP contribution in [0.1, 0.15) is 40.0 Å². The van der Waals surface area contributed by atoms with E-state index in [2.05, 4.69) is 25.5 Å². The minimum absolute atomic E-state index is 0.0520. The maximum Gasteiger partial charge on any atom is 0.334 e. The lowest BCUT2D eigenvalue weighted by Gasteiger charge is -2.40. The van der Waals surface area contributed by atoms with Gasteiger partial charge in [0.2, 0.25) is 0 Å². The molecule has 3 nitrogen and oxygen atoms in total. The number of aliphatic hydroxyl groups excluding tert-OH is 1. The van der Waals surface area contributed by atoms with Gasteiger partial charge in [0.25, 0.3) is 0 Å². The highest BCUT2D eigenvalue weighted by molar-refractivity contribution is 5.74. The van der Waals surface area contributed by atoms with Crippen LogP contribution in [-0.4, -0.2) is 24.3 Å². The first kappa shape index (κ1) is 12.5. The second-order valence-electron chi connectivity index (χ2n) is 5.64. The minimum atomic E-state index is -0.947. The summed E-state index contributed by atoms with van der Waals surface area (Å²) in [4.78, 5) is 11.3. The molecule has 0 heterocycles. The quantitative estimate of drug-likeness (QED) is 0.715. The Labute approximate surface area is 91.8 Å². The van der Waals surface area contributed by atoms with Gasteiger partial charge in [-0.25, -0.2) is 4.79 Å². The van der Waals surface area contributed by atoms with Crippen molar-refractivity contribution in [1.82, 2.24) is 0 Å². The molecular weight excluding hydrogens is 192 g/mol. The summed E-state index contributed by atoms with van der Waals surface area (Å²) in [5, 5.41) is 9.82. The molecule has 15 heavy (non-hydrogen) atoms. The van der Waals surface area contributed by atoms with Crippen molar-refractivity contribution in [3.05, 3.63) is 0 Å². The molecule has 3 atom stereocenters. The first-order chi connectivity index (χ1) is 6.85. The van der Waals surface area contributed by atoms with Gasteiger partial charge in [0.1, 0.15) is 0 Å². The van der Waals surface area contributed by atoms with E-state index in [1.165, 1.54) is 7.11 Å². The van der Waals surface area contributed by atoms with Crippen molar-refractivity contribution < 1.29 is 14.6 Å². The van der Waals surface area contributed by atoms with Gasteiger partial charge in [-0.1, -0.05) is 20.8 Å². The zero-order chi connectivity index (χ0) is 11.6. The van der Waals surface area contributed by atoms with Gasteiger partial charge in [-0.05, 0) is 36.5 Å². The molecule has 0 bridgehead atoms. The van der Waals surface area contributed by atoms with E-state index in [1.807, 2.05) is 0 Å². The molecule has 3 heteroatoms. The first-order valence-corrected chi connectivity index (χ1v) is 5.61. The summed E-state index contributed by atoms with van der Waals surface area (Å²) in [5.41, 5.74) is 0.220. The lowest BCUT2D eigenvalue weighted by molar-refractivity contribution is -0.155. The minimum Gasteiger partial charge on any atom is -0.467 e. The van der Waals surface area contributed by atoms with Gasteiger partial charge >= 0.3 is 5.97 Å². The summed E-state index contributed by atoms with van der Waals surface area (Å²) >= 11 is 0. The van der Waals surface area contributed by atoms with Crippen molar-refractivity contribution in [3.63, 3.8) is 0 Å². The summed E-state index contributed by atoms with van der Waals surface area (Å²) in [6, 6.07) is 0. The van der Waals surface area contributed by atoms with Crippen LogP contribution in [0.2, 0.25) is 0 Å². The van der Waals surface area contributed by atoms with E-state index in [0.717, 1.165) is 19.3 Å². The molecule has 0 radical (unpaired) electrons. The van der Waals surface area contributed by atoms with Gasteiger partial charge in [-0.15, -0.1) is 0 Å². The van der Waals surface area contributed by atoms with Crippen LogP contribution in [0.25, 0.3) is 0 Å². The zero-order valence-corrected chi connectivity index (χ0v) is 10.1. The van der Waals surface area contributed by atoms with E-state index in [0.29, 0.717) is 5.92 Å². The monoisotopic (exact) mass is 214 g/mol. The summed E-state index contributed by atoms with van der Waals surface area (Å²) in [5.74, 6) is 0.124. The Kier molecular flexibility index (Phi) is 3.77. The third kappa shape index (κ3) is 3.20. The topological polar surface area (TPSA) is 46.5 Å². The molecule has 0 aromatic carbocycles. The first-order valence-electron chi connectivity index (χ1n) is 5.61. The number of rotatable bonds is 2. The smallest absolute Gasteiger partial charge is 0.334 e. The molecule has 0 aromatic rings. The van der Waals surface area contributed by atoms with E-state index >= 15 is 0 Å². The van der Waals surface area contributed by atoms with Crippen LogP contribution in [0.3, 0.4) is 0 Å². The molecular formula is C12H22O3. The Morgan fingerprint density at radius 2 is 2.07 bits per heavy atom. The zero-order valence-electron chi connectivity index (χ0n) is 10.1. The Hall–Kier alpha value is -0.570. The maximum atomic E-state index is 11.3. The largest absolute Gasteiger partial charge is 0.467 e. The van der Waals surface area contributed by atoms with E-state index in [9.17, 15) is 9.90 Å². The summed E-state index contributed by atoms with van der Waals surface area (Å²) in [7, 11) is 1.32. The fourth-order valence-corrected chi connectivity index (χ4v) is 2.97. The highest BCUT2D eigenvalue weighted by Gasteiger charge is 2.38. The van der Waals surface area contributed by atoms with E-state index in [1.54, 1.807) is 0 Å². The number of ether oxygens (including phenoxy) is 1. The van der Waals surface area contributed by atoms with Gasteiger partial charge in [-0.2, -0.15) is 0 Å². The Bertz CT molecular complexity index is 235. The summed E-state index contributed by atoms with van der Waals surface area (Å²) in [6.45, 7) is 6.57. The number of carbonyl (C=O) groups is 1. The number of methoxy groups -OCH3 is 1. The average molecular weight is 214 g/mol. The maximum absolute atomic E-state index is 11.3. The molecule has 1 aliphatic carbocycles. The molecule has 1 N–H and O–H groups in total. The van der Waals surface area contributed by atoms with Crippen LogP contribution in [0.15, 0.2) is 0 Å². The average Bonchev–Trinajstić information content (AvgIpc) is 2.12. The molecule has 0 spiro atoms. The van der Waals surface area contributed by atoms with Crippen LogP contribution in [-0.2, 0) is 9.53 Å². The number of esters is 1. The van der Waals surface area contributed by atoms with Crippen molar-refractivity contribution in [2.45, 2.75) is 46.1 Å². The normalized spacial score (nSPS) is 32.1. The SMILES string of the molecule is COC(=O)C(O)C1CC(C)CC(C)(C)C1. The molecule has 0 amide bonds. The van der Waals surface area contributed by atoms with Crippen LogP contribution in [0.5, 0.6) is 0 Å². The predicted octanol–water partition coefficient (Wildman–Crippen LogP) is 1.98. The Balaban J connectivity index is 2.66. The fourth-order valence-electron chi connectivity index (χ4n) is 2.97. The van der Waals surface area contributed by atoms with E-state index in [4.69, 9.17) is 0 Å². The van der Waals surface area contributed by atoms with E-state index < -0.39 is 12.1 Å². The highest BCUT2D eigenvalue weighted by atomic mass is 16.5. The van der Waals surface area contributed by atoms with Gasteiger partial charge in [0, 0.05) is 0 Å². The van der Waals surface area contributed by atoms with Crippen molar-refractivity contribution in [3.8, 4) is 0 Å². The van der Waals surface area contributed by atoms with Gasteiger partial charge in [0.05, 0.1) is 7.11 Å². The highest BCUT2D eigenvalue weighted by Crippen LogP contribution is 2.42. The van der Waals surface area contributed by atoms with E-state index in [-0.39, 0.29) is 11.3 Å². The molecule has 1 aliphatic rings. The van der Waals surface area contributed by atoms with Crippen LogP contribution >= 0.6 is 0 Å². The van der Waals surface area contributed by atoms with Gasteiger partial charge in [0.15, 0.2) is 6.10 Å². The second-order valence-corrected chi connectivity index (χ2v) is 5.64. The summed E-state index contributed by atoms with van der Waals surface area (Å²) < 4.78 is 4.58. The molecule has 0 saturated heterocycles. The summed E-state index contributed by atoms with van der Waals surface area (Å²) in [6.07, 6.45) is 2.03. The number of aliphatic hydroxyl groups is 1. The van der Waals surface area contributed by atoms with Crippen LogP contribution in [0, 0.1) is 17.3 Å². The van der Waals surface area contributed by atoms with Crippen LogP contribution in [0.4, 0.5) is 0 Å². The van der Waals surface area contributed by atoms with Crippen molar-refractivity contribution in [2.75, 3.05) is 7.11 Å². The van der Waals surface area contributed by atoms with Gasteiger partial charge in [-0.3, -0.25) is 0 Å². The third-order valence-corrected chi connectivity index (χ3v) is 3.31. The lowest BCUT2D eigenvalue weighted by atomic mass is 9.66. The predicted molar refractivity (Wildman–Crippen MR) is 58.3 cm³/mol. The molecule has 0 aliphatic heterocycles. The molecule has 1 saturated carbocycles. The van der Waals surface area contributed by atoms with Gasteiger partial charge < -0.3 is 9.84 Å². The lowest BCUT2D eigenvalue weighted by Crippen LogP contribution is -2.38. The Morgan fingerprint density at radius 1 is 1.47 bits per heavy atom. The number of hydrogen-bond acceptors (Lipinski definition) is 3. The third-order valence-electron chi connectivity index (χ3n) is 3.31. The Morgan fingerprint density at radius 3 is 2.53 bits per heavy atom. The van der Waals surface area contributed by atoms with Crippen molar-refractivity contribution in [1.29, 1.82) is 0 Å². The van der Waals surface area contributed by atoms with Crippen molar-refractivity contribution >= 4 is 5.97 Å². The molecule has 0 aromatic heterocycles. The second kappa shape index (κ2) is 4.52. The molecule has 1 fully saturated rings. The molecule has 88 valence electrons. The number of hydrogen-bond donors (Lipinski definition) is 1.